The standard InChI is InChI=1S/C20H22ClN5O2/c21-18-12-17(28-24-18)8-9-20(27)25-10-4-5-15(13-25)11-19-23-22-14-26(19)16-6-2-1-3-7-16/h1-3,6-7,12,14-15H,4-5,8-11,13H2. The van der Waals surface area contributed by atoms with E-state index in [9.17, 15) is 4.79 Å². The first-order valence-corrected chi connectivity index (χ1v) is 9.90. The van der Waals surface area contributed by atoms with Crippen molar-refractivity contribution < 1.29 is 9.32 Å². The number of hydrogen-bond acceptors (Lipinski definition) is 5. The normalized spacial score (nSPS) is 17.0. The van der Waals surface area contributed by atoms with Crippen molar-refractivity contribution in [1.29, 1.82) is 0 Å². The van der Waals surface area contributed by atoms with E-state index in [1.54, 1.807) is 12.4 Å². The lowest BCUT2D eigenvalue weighted by atomic mass is 9.94. The van der Waals surface area contributed by atoms with E-state index in [2.05, 4.69) is 15.4 Å². The summed E-state index contributed by atoms with van der Waals surface area (Å²) in [6.45, 7) is 1.55. The van der Waals surface area contributed by atoms with Crippen molar-refractivity contribution >= 4 is 17.5 Å². The number of aryl methyl sites for hydroxylation is 1. The molecule has 1 unspecified atom stereocenters. The van der Waals surface area contributed by atoms with Crippen molar-refractivity contribution in [1.82, 2.24) is 24.8 Å². The van der Waals surface area contributed by atoms with E-state index in [0.29, 0.717) is 29.7 Å². The smallest absolute Gasteiger partial charge is 0.223 e. The molecule has 0 spiro atoms. The first-order chi connectivity index (χ1) is 13.7. The summed E-state index contributed by atoms with van der Waals surface area (Å²) in [4.78, 5) is 14.6. The van der Waals surface area contributed by atoms with Crippen LogP contribution in [0.2, 0.25) is 5.15 Å². The molecule has 3 heterocycles. The summed E-state index contributed by atoms with van der Waals surface area (Å²) in [5.41, 5.74) is 1.05. The van der Waals surface area contributed by atoms with Crippen molar-refractivity contribution in [3.05, 3.63) is 59.5 Å². The Balaban J connectivity index is 1.35. The van der Waals surface area contributed by atoms with Gasteiger partial charge >= 0.3 is 0 Å². The predicted octanol–water partition coefficient (Wildman–Crippen LogP) is 3.32. The maximum atomic E-state index is 12.6. The molecule has 0 radical (unpaired) electrons. The minimum absolute atomic E-state index is 0.141. The average Bonchev–Trinajstić information content (AvgIpc) is 3.36. The molecule has 0 N–H and O–H groups in total. The Bertz CT molecular complexity index is 924. The Kier molecular flexibility index (Phi) is 5.71. The number of rotatable bonds is 6. The molecule has 1 atom stereocenters. The van der Waals surface area contributed by atoms with Gasteiger partial charge in [-0.25, -0.2) is 0 Å². The molecular weight excluding hydrogens is 378 g/mol. The van der Waals surface area contributed by atoms with Gasteiger partial charge in [0.25, 0.3) is 0 Å². The number of amides is 1. The molecule has 1 fully saturated rings. The third kappa shape index (κ3) is 4.42. The number of benzene rings is 1. The second-order valence-corrected chi connectivity index (χ2v) is 7.51. The third-order valence-electron chi connectivity index (χ3n) is 5.11. The number of piperidine rings is 1. The predicted molar refractivity (Wildman–Crippen MR) is 104 cm³/mol. The van der Waals surface area contributed by atoms with Gasteiger partial charge < -0.3 is 9.42 Å². The van der Waals surface area contributed by atoms with Crippen LogP contribution in [0.15, 0.2) is 47.2 Å². The Morgan fingerprint density at radius 2 is 2.14 bits per heavy atom. The van der Waals surface area contributed by atoms with Crippen LogP contribution < -0.4 is 0 Å². The summed E-state index contributed by atoms with van der Waals surface area (Å²) in [5.74, 6) is 2.09. The molecule has 7 nitrogen and oxygen atoms in total. The first kappa shape index (κ1) is 18.7. The van der Waals surface area contributed by atoms with Crippen LogP contribution in [-0.2, 0) is 17.6 Å². The average molecular weight is 400 g/mol. The van der Waals surface area contributed by atoms with Crippen LogP contribution >= 0.6 is 11.6 Å². The maximum absolute atomic E-state index is 12.6. The Morgan fingerprint density at radius 3 is 2.93 bits per heavy atom. The molecule has 0 saturated carbocycles. The first-order valence-electron chi connectivity index (χ1n) is 9.52. The fraction of sp³-hybridized carbons (Fsp3) is 0.400. The topological polar surface area (TPSA) is 77.1 Å². The molecular formula is C20H22ClN5O2. The molecule has 0 bridgehead atoms. The molecule has 4 rings (SSSR count). The third-order valence-corrected chi connectivity index (χ3v) is 5.29. The highest BCUT2D eigenvalue weighted by atomic mass is 35.5. The van der Waals surface area contributed by atoms with Crippen LogP contribution in [0.3, 0.4) is 0 Å². The van der Waals surface area contributed by atoms with Gasteiger partial charge in [0.15, 0.2) is 5.15 Å². The summed E-state index contributed by atoms with van der Waals surface area (Å²) in [6, 6.07) is 11.7. The molecule has 1 aromatic carbocycles. The van der Waals surface area contributed by atoms with E-state index in [1.165, 1.54) is 0 Å². The van der Waals surface area contributed by atoms with E-state index >= 15 is 0 Å². The number of carbonyl (C=O) groups excluding carboxylic acids is 1. The number of para-hydroxylation sites is 1. The Morgan fingerprint density at radius 1 is 1.29 bits per heavy atom. The molecule has 1 saturated heterocycles. The number of halogens is 1. The maximum Gasteiger partial charge on any atom is 0.223 e. The van der Waals surface area contributed by atoms with Crippen LogP contribution in [0.1, 0.15) is 30.8 Å². The molecule has 1 amide bonds. The molecule has 146 valence electrons. The molecule has 1 aliphatic heterocycles. The van der Waals surface area contributed by atoms with E-state index in [4.69, 9.17) is 16.1 Å². The lowest BCUT2D eigenvalue weighted by Gasteiger charge is -2.32. The van der Waals surface area contributed by atoms with Gasteiger partial charge in [-0.15, -0.1) is 10.2 Å². The summed E-state index contributed by atoms with van der Waals surface area (Å²) >= 11 is 5.75. The van der Waals surface area contributed by atoms with Crippen LogP contribution in [-0.4, -0.2) is 43.8 Å². The summed E-state index contributed by atoms with van der Waals surface area (Å²) in [5, 5.41) is 12.4. The summed E-state index contributed by atoms with van der Waals surface area (Å²) in [6.07, 6.45) is 5.56. The quantitative estimate of drug-likeness (QED) is 0.635. The zero-order valence-corrected chi connectivity index (χ0v) is 16.3. The van der Waals surface area contributed by atoms with Crippen molar-refractivity contribution in [2.24, 2.45) is 5.92 Å². The van der Waals surface area contributed by atoms with Gasteiger partial charge in [0.05, 0.1) is 0 Å². The van der Waals surface area contributed by atoms with Gasteiger partial charge in [0.1, 0.15) is 17.9 Å². The highest BCUT2D eigenvalue weighted by Crippen LogP contribution is 2.22. The van der Waals surface area contributed by atoms with E-state index < -0.39 is 0 Å². The van der Waals surface area contributed by atoms with E-state index in [0.717, 1.165) is 43.9 Å². The largest absolute Gasteiger partial charge is 0.360 e. The second-order valence-electron chi connectivity index (χ2n) is 7.12. The van der Waals surface area contributed by atoms with E-state index in [1.807, 2.05) is 39.8 Å². The zero-order chi connectivity index (χ0) is 19.3. The molecule has 8 heteroatoms. The number of nitrogens with zero attached hydrogens (tertiary/aromatic N) is 5. The molecule has 28 heavy (non-hydrogen) atoms. The zero-order valence-electron chi connectivity index (χ0n) is 15.5. The van der Waals surface area contributed by atoms with Gasteiger partial charge in [0.2, 0.25) is 5.91 Å². The monoisotopic (exact) mass is 399 g/mol. The fourth-order valence-corrected chi connectivity index (χ4v) is 3.87. The second kappa shape index (κ2) is 8.56. The molecule has 3 aromatic rings. The number of aromatic nitrogens is 4. The van der Waals surface area contributed by atoms with Crippen molar-refractivity contribution in [3.8, 4) is 5.69 Å². The Labute approximate surface area is 168 Å². The van der Waals surface area contributed by atoms with Gasteiger partial charge in [-0.2, -0.15) is 0 Å². The summed E-state index contributed by atoms with van der Waals surface area (Å²) in [7, 11) is 0. The van der Waals surface area contributed by atoms with Gasteiger partial charge in [-0.3, -0.25) is 9.36 Å². The van der Waals surface area contributed by atoms with Crippen LogP contribution in [0.25, 0.3) is 5.69 Å². The van der Waals surface area contributed by atoms with Crippen LogP contribution in [0, 0.1) is 5.92 Å². The van der Waals surface area contributed by atoms with Crippen molar-refractivity contribution in [2.45, 2.75) is 32.1 Å². The minimum atomic E-state index is 0.141. The minimum Gasteiger partial charge on any atom is -0.360 e. The Hall–Kier alpha value is -2.67. The lowest BCUT2D eigenvalue weighted by Crippen LogP contribution is -2.40. The van der Waals surface area contributed by atoms with Crippen molar-refractivity contribution in [3.63, 3.8) is 0 Å². The van der Waals surface area contributed by atoms with Crippen molar-refractivity contribution in [2.75, 3.05) is 13.1 Å². The molecule has 2 aromatic heterocycles. The SMILES string of the molecule is O=C(CCc1cc(Cl)no1)N1CCCC(Cc2nncn2-c2ccccc2)C1. The summed E-state index contributed by atoms with van der Waals surface area (Å²) < 4.78 is 7.10. The fourth-order valence-electron chi connectivity index (χ4n) is 3.71. The molecule has 1 aliphatic rings. The van der Waals surface area contributed by atoms with Crippen LogP contribution in [0.5, 0.6) is 0 Å². The highest BCUT2D eigenvalue weighted by molar-refractivity contribution is 6.29. The lowest BCUT2D eigenvalue weighted by molar-refractivity contribution is -0.133. The van der Waals surface area contributed by atoms with Gasteiger partial charge in [-0.1, -0.05) is 35.0 Å². The number of likely N-dealkylation sites (tertiary alicyclic amines) is 1. The number of hydrogen-bond donors (Lipinski definition) is 0. The highest BCUT2D eigenvalue weighted by Gasteiger charge is 2.25. The number of carbonyl (C=O) groups is 1. The van der Waals surface area contributed by atoms with Crippen LogP contribution in [0.4, 0.5) is 0 Å². The van der Waals surface area contributed by atoms with Gasteiger partial charge in [0, 0.05) is 44.1 Å². The van der Waals surface area contributed by atoms with E-state index in [-0.39, 0.29) is 5.91 Å². The van der Waals surface area contributed by atoms with Gasteiger partial charge in [-0.05, 0) is 30.9 Å². The molecule has 0 aliphatic carbocycles.